The van der Waals surface area contributed by atoms with Crippen LogP contribution in [0.25, 0.3) is 0 Å². The minimum atomic E-state index is -0.572. The molecule has 2 aliphatic heterocycles. The Morgan fingerprint density at radius 2 is 1.97 bits per heavy atom. The van der Waals surface area contributed by atoms with Crippen molar-refractivity contribution in [1.29, 1.82) is 0 Å². The molecule has 2 aromatic rings. The molecule has 1 atom stereocenters. The van der Waals surface area contributed by atoms with E-state index in [4.69, 9.17) is 23.7 Å². The number of hydrogen-bond donors (Lipinski definition) is 0. The number of esters is 1. The molecule has 2 aliphatic rings. The van der Waals surface area contributed by atoms with E-state index in [1.165, 1.54) is 0 Å². The highest BCUT2D eigenvalue weighted by molar-refractivity contribution is 5.74. The van der Waals surface area contributed by atoms with Gasteiger partial charge >= 0.3 is 5.97 Å². The molecule has 0 N–H and O–H groups in total. The largest absolute Gasteiger partial charge is 0.493 e. The Kier molecular flexibility index (Phi) is 5.56. The topological polar surface area (TPSA) is 63.2 Å². The quantitative estimate of drug-likeness (QED) is 0.502. The number of fused-ring (bicyclic) bond motifs is 4. The molecule has 0 bridgehead atoms. The molecule has 164 valence electrons. The summed E-state index contributed by atoms with van der Waals surface area (Å²) in [5.74, 6) is 2.05. The molecule has 0 aliphatic carbocycles. The monoisotopic (exact) mass is 424 g/mol. The number of allylic oxidation sites excluding steroid dienone is 1. The van der Waals surface area contributed by atoms with Gasteiger partial charge in [-0.05, 0) is 50.5 Å². The van der Waals surface area contributed by atoms with Crippen molar-refractivity contribution in [3.63, 3.8) is 0 Å². The molecule has 2 heterocycles. The molecule has 0 fully saturated rings. The maximum absolute atomic E-state index is 12.9. The van der Waals surface area contributed by atoms with Crippen molar-refractivity contribution in [2.24, 2.45) is 0 Å². The second kappa shape index (κ2) is 8.17. The fourth-order valence-electron chi connectivity index (χ4n) is 4.23. The van der Waals surface area contributed by atoms with Crippen LogP contribution in [0.1, 0.15) is 55.4 Å². The molecule has 0 saturated carbocycles. The normalized spacial score (nSPS) is 16.5. The summed E-state index contributed by atoms with van der Waals surface area (Å²) in [6, 6.07) is 7.78. The first kappa shape index (κ1) is 21.1. The summed E-state index contributed by atoms with van der Waals surface area (Å²) < 4.78 is 28.9. The second-order valence-electron chi connectivity index (χ2n) is 8.66. The lowest BCUT2D eigenvalue weighted by atomic mass is 9.82. The molecule has 6 nitrogen and oxygen atoms in total. The van der Waals surface area contributed by atoms with E-state index >= 15 is 0 Å². The van der Waals surface area contributed by atoms with Crippen LogP contribution in [0.2, 0.25) is 0 Å². The lowest BCUT2D eigenvalue weighted by molar-refractivity contribution is -0.155. The number of hydrogen-bond acceptors (Lipinski definition) is 6. The first-order chi connectivity index (χ1) is 14.8. The number of rotatable bonds is 5. The average Bonchev–Trinajstić information content (AvgIpc) is 3.12. The standard InChI is InChI=1S/C25H28O6/c1-6-7-15-8-10-19(27-5)24-22(15)17(12-21(26)31-25(2,3)4)16-9-11-20-23(30-14-29-20)18(16)13-28-24/h6,8-11,17H,1,7,12-14H2,2-5H3/t17-/m1/s1. The lowest BCUT2D eigenvalue weighted by Crippen LogP contribution is -2.25. The highest BCUT2D eigenvalue weighted by atomic mass is 16.7. The summed E-state index contributed by atoms with van der Waals surface area (Å²) in [6.07, 6.45) is 2.65. The summed E-state index contributed by atoms with van der Waals surface area (Å²) in [5, 5.41) is 0. The van der Waals surface area contributed by atoms with Crippen molar-refractivity contribution in [2.45, 2.75) is 51.7 Å². The van der Waals surface area contributed by atoms with Crippen molar-refractivity contribution >= 4 is 5.97 Å². The molecule has 0 radical (unpaired) electrons. The summed E-state index contributed by atoms with van der Waals surface area (Å²) >= 11 is 0. The Labute approximate surface area is 182 Å². The summed E-state index contributed by atoms with van der Waals surface area (Å²) in [5.41, 5.74) is 3.23. The van der Waals surface area contributed by atoms with E-state index in [2.05, 4.69) is 6.58 Å². The zero-order valence-electron chi connectivity index (χ0n) is 18.4. The maximum atomic E-state index is 12.9. The first-order valence-corrected chi connectivity index (χ1v) is 10.4. The van der Waals surface area contributed by atoms with Gasteiger partial charge in [0.1, 0.15) is 12.2 Å². The van der Waals surface area contributed by atoms with E-state index in [1.54, 1.807) is 7.11 Å². The molecule has 31 heavy (non-hydrogen) atoms. The molecule has 6 heteroatoms. The van der Waals surface area contributed by atoms with Crippen LogP contribution >= 0.6 is 0 Å². The predicted molar refractivity (Wildman–Crippen MR) is 116 cm³/mol. The van der Waals surface area contributed by atoms with E-state index in [9.17, 15) is 4.79 Å². The Hall–Kier alpha value is -3.15. The van der Waals surface area contributed by atoms with Gasteiger partial charge in [0, 0.05) is 17.0 Å². The number of benzene rings is 2. The summed E-state index contributed by atoms with van der Waals surface area (Å²) in [7, 11) is 1.61. The second-order valence-corrected chi connectivity index (χ2v) is 8.66. The number of methoxy groups -OCH3 is 1. The van der Waals surface area contributed by atoms with E-state index < -0.39 is 5.60 Å². The molecular formula is C25H28O6. The van der Waals surface area contributed by atoms with Gasteiger partial charge in [0.25, 0.3) is 0 Å². The van der Waals surface area contributed by atoms with Gasteiger partial charge in [0.15, 0.2) is 23.0 Å². The van der Waals surface area contributed by atoms with Crippen LogP contribution in [0.15, 0.2) is 36.9 Å². The van der Waals surface area contributed by atoms with Crippen LogP contribution in [-0.4, -0.2) is 25.5 Å². The number of ether oxygens (including phenoxy) is 5. The minimum Gasteiger partial charge on any atom is -0.493 e. The summed E-state index contributed by atoms with van der Waals surface area (Å²) in [6.45, 7) is 9.95. The Bertz CT molecular complexity index is 1020. The van der Waals surface area contributed by atoms with Gasteiger partial charge in [-0.3, -0.25) is 4.79 Å². The third-order valence-corrected chi connectivity index (χ3v) is 5.39. The van der Waals surface area contributed by atoms with Crippen LogP contribution in [-0.2, 0) is 22.6 Å². The van der Waals surface area contributed by atoms with Crippen LogP contribution in [0.4, 0.5) is 0 Å². The molecule has 0 amide bonds. The molecule has 0 unspecified atom stereocenters. The van der Waals surface area contributed by atoms with E-state index in [0.29, 0.717) is 29.4 Å². The van der Waals surface area contributed by atoms with Crippen LogP contribution in [0, 0.1) is 0 Å². The van der Waals surface area contributed by atoms with Gasteiger partial charge in [0.05, 0.1) is 13.5 Å². The first-order valence-electron chi connectivity index (χ1n) is 10.4. The van der Waals surface area contributed by atoms with Crippen molar-refractivity contribution in [3.05, 3.63) is 59.2 Å². The van der Waals surface area contributed by atoms with Crippen molar-refractivity contribution in [2.75, 3.05) is 13.9 Å². The number of carbonyl (C=O) groups excluding carboxylic acids is 1. The predicted octanol–water partition coefficient (Wildman–Crippen LogP) is 4.91. The zero-order chi connectivity index (χ0) is 22.2. The fraction of sp³-hybridized carbons (Fsp3) is 0.400. The van der Waals surface area contributed by atoms with Gasteiger partial charge < -0.3 is 23.7 Å². The Morgan fingerprint density at radius 3 is 2.68 bits per heavy atom. The third kappa shape index (κ3) is 4.07. The zero-order valence-corrected chi connectivity index (χ0v) is 18.4. The Balaban J connectivity index is 1.90. The fourth-order valence-corrected chi connectivity index (χ4v) is 4.23. The molecule has 0 spiro atoms. The van der Waals surface area contributed by atoms with Gasteiger partial charge in [-0.15, -0.1) is 6.58 Å². The molecule has 2 aromatic carbocycles. The number of carbonyl (C=O) groups is 1. The minimum absolute atomic E-state index is 0.164. The van der Waals surface area contributed by atoms with Crippen LogP contribution < -0.4 is 18.9 Å². The van der Waals surface area contributed by atoms with E-state index in [-0.39, 0.29) is 31.7 Å². The lowest BCUT2D eigenvalue weighted by Gasteiger charge is -2.25. The van der Waals surface area contributed by atoms with E-state index in [0.717, 1.165) is 22.3 Å². The van der Waals surface area contributed by atoms with Crippen LogP contribution in [0.3, 0.4) is 0 Å². The van der Waals surface area contributed by atoms with Crippen molar-refractivity contribution in [1.82, 2.24) is 0 Å². The van der Waals surface area contributed by atoms with Crippen molar-refractivity contribution < 1.29 is 28.5 Å². The molecule has 0 aromatic heterocycles. The molecule has 0 saturated heterocycles. The molecular weight excluding hydrogens is 396 g/mol. The SMILES string of the molecule is C=CCc1ccc(OC)c2c1[C@H](CC(=O)OC(C)(C)C)c1ccc3c(c1CO2)OCO3. The van der Waals surface area contributed by atoms with E-state index in [1.807, 2.05) is 51.1 Å². The van der Waals surface area contributed by atoms with Gasteiger partial charge in [-0.1, -0.05) is 18.2 Å². The molecule has 4 rings (SSSR count). The summed E-state index contributed by atoms with van der Waals surface area (Å²) in [4.78, 5) is 12.9. The highest BCUT2D eigenvalue weighted by Crippen LogP contribution is 2.50. The van der Waals surface area contributed by atoms with Crippen molar-refractivity contribution in [3.8, 4) is 23.0 Å². The van der Waals surface area contributed by atoms with Gasteiger partial charge in [-0.25, -0.2) is 0 Å². The Morgan fingerprint density at radius 1 is 1.16 bits per heavy atom. The smallest absolute Gasteiger partial charge is 0.307 e. The van der Waals surface area contributed by atoms with Gasteiger partial charge in [0.2, 0.25) is 6.79 Å². The van der Waals surface area contributed by atoms with Gasteiger partial charge in [-0.2, -0.15) is 0 Å². The third-order valence-electron chi connectivity index (χ3n) is 5.39. The highest BCUT2D eigenvalue weighted by Gasteiger charge is 2.35. The maximum Gasteiger partial charge on any atom is 0.307 e. The average molecular weight is 424 g/mol. The van der Waals surface area contributed by atoms with Crippen LogP contribution in [0.5, 0.6) is 23.0 Å².